The Morgan fingerprint density at radius 2 is 1.95 bits per heavy atom. The molecule has 0 fully saturated rings. The maximum absolute atomic E-state index is 12.0. The SMILES string of the molecule is C[C@H]([C@@H](C)Nc1c(C#N)c(=O)n(C)c(=O)n1C)n1cccn1. The molecule has 116 valence electrons. The fourth-order valence-electron chi connectivity index (χ4n) is 2.20. The summed E-state index contributed by atoms with van der Waals surface area (Å²) >= 11 is 0. The van der Waals surface area contributed by atoms with Gasteiger partial charge >= 0.3 is 5.69 Å². The van der Waals surface area contributed by atoms with Crippen molar-refractivity contribution < 1.29 is 0 Å². The lowest BCUT2D eigenvalue weighted by atomic mass is 10.1. The minimum atomic E-state index is -0.605. The standard InChI is InChI=1S/C14H18N6O2/c1-9(10(2)20-7-5-6-16-20)17-12-11(8-15)13(21)19(4)14(22)18(12)3/h5-7,9-10,17H,1-4H3/t9-,10-/m1/s1. The number of nitriles is 1. The molecule has 0 aliphatic rings. The fraction of sp³-hybridized carbons (Fsp3) is 0.429. The van der Waals surface area contributed by atoms with Crippen molar-refractivity contribution >= 4 is 5.82 Å². The Hall–Kier alpha value is -2.82. The second kappa shape index (κ2) is 5.89. The summed E-state index contributed by atoms with van der Waals surface area (Å²) in [5.74, 6) is 0.224. The van der Waals surface area contributed by atoms with E-state index in [9.17, 15) is 14.9 Å². The molecule has 2 rings (SSSR count). The zero-order chi connectivity index (χ0) is 16.4. The Morgan fingerprint density at radius 1 is 1.27 bits per heavy atom. The molecule has 0 spiro atoms. The van der Waals surface area contributed by atoms with Crippen molar-refractivity contribution in [3.63, 3.8) is 0 Å². The predicted octanol–water partition coefficient (Wildman–Crippen LogP) is 0.214. The number of rotatable bonds is 4. The van der Waals surface area contributed by atoms with Crippen LogP contribution >= 0.6 is 0 Å². The van der Waals surface area contributed by atoms with E-state index in [1.807, 2.05) is 32.2 Å². The van der Waals surface area contributed by atoms with Crippen LogP contribution in [0.4, 0.5) is 5.82 Å². The van der Waals surface area contributed by atoms with E-state index in [0.29, 0.717) is 0 Å². The average molecular weight is 302 g/mol. The third kappa shape index (κ3) is 2.53. The molecule has 2 aromatic rings. The number of nitrogens with one attached hydrogen (secondary N) is 1. The molecule has 0 aromatic carbocycles. The highest BCUT2D eigenvalue weighted by Gasteiger charge is 2.20. The predicted molar refractivity (Wildman–Crippen MR) is 81.7 cm³/mol. The molecule has 8 nitrogen and oxygen atoms in total. The third-order valence-electron chi connectivity index (χ3n) is 3.81. The van der Waals surface area contributed by atoms with Gasteiger partial charge in [0, 0.05) is 32.5 Å². The summed E-state index contributed by atoms with van der Waals surface area (Å²) in [4.78, 5) is 24.1. The topological polar surface area (TPSA) is 97.6 Å². The van der Waals surface area contributed by atoms with E-state index in [2.05, 4.69) is 10.4 Å². The molecule has 0 bridgehead atoms. The normalized spacial score (nSPS) is 13.4. The maximum atomic E-state index is 12.0. The van der Waals surface area contributed by atoms with Crippen LogP contribution in [-0.2, 0) is 14.1 Å². The lowest BCUT2D eigenvalue weighted by Crippen LogP contribution is -2.41. The number of nitrogens with zero attached hydrogens (tertiary/aromatic N) is 5. The summed E-state index contributed by atoms with van der Waals surface area (Å²) in [5.41, 5.74) is -1.17. The second-order valence-electron chi connectivity index (χ2n) is 5.20. The molecule has 0 amide bonds. The summed E-state index contributed by atoms with van der Waals surface area (Å²) in [7, 11) is 2.88. The lowest BCUT2D eigenvalue weighted by molar-refractivity contribution is 0.441. The van der Waals surface area contributed by atoms with Crippen LogP contribution in [0, 0.1) is 11.3 Å². The number of hydrogen-bond donors (Lipinski definition) is 1. The average Bonchev–Trinajstić information content (AvgIpc) is 3.04. The zero-order valence-electron chi connectivity index (χ0n) is 12.9. The monoisotopic (exact) mass is 302 g/mol. The highest BCUT2D eigenvalue weighted by atomic mass is 16.2. The van der Waals surface area contributed by atoms with Gasteiger partial charge in [0.15, 0.2) is 5.56 Å². The second-order valence-corrected chi connectivity index (χ2v) is 5.20. The molecule has 2 atom stereocenters. The smallest absolute Gasteiger partial charge is 0.332 e. The van der Waals surface area contributed by atoms with Gasteiger partial charge in [-0.05, 0) is 19.9 Å². The van der Waals surface area contributed by atoms with E-state index >= 15 is 0 Å². The molecule has 2 heterocycles. The Labute approximate surface area is 127 Å². The first kappa shape index (κ1) is 15.6. The van der Waals surface area contributed by atoms with Gasteiger partial charge in [-0.15, -0.1) is 0 Å². The van der Waals surface area contributed by atoms with Gasteiger partial charge in [-0.25, -0.2) is 4.79 Å². The molecule has 22 heavy (non-hydrogen) atoms. The van der Waals surface area contributed by atoms with Crippen LogP contribution in [0.15, 0.2) is 28.0 Å². The molecule has 8 heteroatoms. The van der Waals surface area contributed by atoms with Gasteiger partial charge in [0.05, 0.1) is 6.04 Å². The quantitative estimate of drug-likeness (QED) is 0.871. The largest absolute Gasteiger partial charge is 0.365 e. The van der Waals surface area contributed by atoms with E-state index in [1.54, 1.807) is 10.9 Å². The molecule has 0 aliphatic carbocycles. The third-order valence-corrected chi connectivity index (χ3v) is 3.81. The van der Waals surface area contributed by atoms with E-state index in [0.717, 1.165) is 4.57 Å². The Kier molecular flexibility index (Phi) is 4.17. The Balaban J connectivity index is 2.44. The van der Waals surface area contributed by atoms with Crippen LogP contribution in [0.1, 0.15) is 25.5 Å². The van der Waals surface area contributed by atoms with Crippen molar-refractivity contribution in [2.75, 3.05) is 5.32 Å². The van der Waals surface area contributed by atoms with Crippen molar-refractivity contribution in [2.24, 2.45) is 14.1 Å². The molecular formula is C14H18N6O2. The van der Waals surface area contributed by atoms with E-state index in [1.165, 1.54) is 18.7 Å². The van der Waals surface area contributed by atoms with E-state index in [4.69, 9.17) is 0 Å². The molecule has 0 unspecified atom stereocenters. The molecule has 0 aliphatic heterocycles. The molecule has 0 radical (unpaired) electrons. The summed E-state index contributed by atoms with van der Waals surface area (Å²) in [6.45, 7) is 3.85. The first-order valence-corrected chi connectivity index (χ1v) is 6.84. The van der Waals surface area contributed by atoms with Gasteiger partial charge < -0.3 is 5.32 Å². The highest BCUT2D eigenvalue weighted by Crippen LogP contribution is 2.16. The minimum Gasteiger partial charge on any atom is -0.365 e. The van der Waals surface area contributed by atoms with Gasteiger partial charge in [-0.2, -0.15) is 10.4 Å². The molecule has 1 N–H and O–H groups in total. The molecule has 0 saturated carbocycles. The van der Waals surface area contributed by atoms with Crippen molar-refractivity contribution in [1.82, 2.24) is 18.9 Å². The fourth-order valence-corrected chi connectivity index (χ4v) is 2.20. The van der Waals surface area contributed by atoms with Gasteiger partial charge in [0.1, 0.15) is 11.9 Å². The number of aromatic nitrogens is 4. The zero-order valence-corrected chi connectivity index (χ0v) is 12.9. The molecule has 0 saturated heterocycles. The van der Waals surface area contributed by atoms with Crippen LogP contribution in [0.5, 0.6) is 0 Å². The van der Waals surface area contributed by atoms with Crippen molar-refractivity contribution in [3.8, 4) is 6.07 Å². The van der Waals surface area contributed by atoms with Crippen LogP contribution in [0.3, 0.4) is 0 Å². The summed E-state index contributed by atoms with van der Waals surface area (Å²) in [6.07, 6.45) is 3.51. The Morgan fingerprint density at radius 3 is 2.50 bits per heavy atom. The van der Waals surface area contributed by atoms with Crippen molar-refractivity contribution in [3.05, 3.63) is 44.9 Å². The van der Waals surface area contributed by atoms with Gasteiger partial charge in [-0.3, -0.25) is 18.6 Å². The lowest BCUT2D eigenvalue weighted by Gasteiger charge is -2.24. The van der Waals surface area contributed by atoms with Crippen LogP contribution in [0.25, 0.3) is 0 Å². The van der Waals surface area contributed by atoms with E-state index in [-0.39, 0.29) is 23.5 Å². The molecule has 2 aromatic heterocycles. The van der Waals surface area contributed by atoms with Crippen molar-refractivity contribution in [2.45, 2.75) is 25.9 Å². The summed E-state index contributed by atoms with van der Waals surface area (Å²) in [5, 5.41) is 16.5. The van der Waals surface area contributed by atoms with Crippen LogP contribution < -0.4 is 16.6 Å². The van der Waals surface area contributed by atoms with Gasteiger partial charge in [-0.1, -0.05) is 0 Å². The summed E-state index contributed by atoms with van der Waals surface area (Å²) < 4.78 is 3.96. The molecular weight excluding hydrogens is 284 g/mol. The van der Waals surface area contributed by atoms with Crippen molar-refractivity contribution in [1.29, 1.82) is 5.26 Å². The van der Waals surface area contributed by atoms with Gasteiger partial charge in [0.2, 0.25) is 0 Å². The Bertz CT molecular complexity index is 825. The number of anilines is 1. The highest BCUT2D eigenvalue weighted by molar-refractivity contribution is 5.51. The summed E-state index contributed by atoms with van der Waals surface area (Å²) in [6, 6.07) is 3.52. The first-order valence-electron chi connectivity index (χ1n) is 6.84. The minimum absolute atomic E-state index is 0.0271. The maximum Gasteiger partial charge on any atom is 0.332 e. The van der Waals surface area contributed by atoms with E-state index < -0.39 is 11.2 Å². The first-order chi connectivity index (χ1) is 10.4. The van der Waals surface area contributed by atoms with Gasteiger partial charge in [0.25, 0.3) is 5.56 Å². The van der Waals surface area contributed by atoms with Crippen LogP contribution in [-0.4, -0.2) is 25.0 Å². The van der Waals surface area contributed by atoms with Crippen LogP contribution in [0.2, 0.25) is 0 Å². The number of hydrogen-bond acceptors (Lipinski definition) is 5.